The molecule has 7 heteroatoms. The molecule has 0 aromatic heterocycles. The Morgan fingerprint density at radius 1 is 1.13 bits per heavy atom. The van der Waals surface area contributed by atoms with Crippen LogP contribution in [0, 0.1) is 11.3 Å². The SMILES string of the molecule is CCCN(C(=O)C1(OC(=O)NCc2ccccc2)CCCCC1)C1(C#N)CCNCC1. The number of amides is 2. The van der Waals surface area contributed by atoms with Gasteiger partial charge in [-0.1, -0.05) is 43.7 Å². The summed E-state index contributed by atoms with van der Waals surface area (Å²) >= 11 is 0. The van der Waals surface area contributed by atoms with Crippen LogP contribution < -0.4 is 10.6 Å². The third-order valence-electron chi connectivity index (χ3n) is 6.47. The van der Waals surface area contributed by atoms with Gasteiger partial charge in [0.25, 0.3) is 5.91 Å². The highest BCUT2D eigenvalue weighted by Crippen LogP contribution is 2.37. The van der Waals surface area contributed by atoms with E-state index in [-0.39, 0.29) is 5.91 Å². The Labute approximate surface area is 185 Å². The third kappa shape index (κ3) is 5.37. The van der Waals surface area contributed by atoms with E-state index in [0.717, 1.165) is 31.2 Å². The third-order valence-corrected chi connectivity index (χ3v) is 6.47. The lowest BCUT2D eigenvalue weighted by molar-refractivity contribution is -0.160. The number of carbonyl (C=O) groups is 2. The zero-order valence-corrected chi connectivity index (χ0v) is 18.5. The first-order valence-corrected chi connectivity index (χ1v) is 11.5. The van der Waals surface area contributed by atoms with Crippen molar-refractivity contribution in [2.45, 2.75) is 76.0 Å². The van der Waals surface area contributed by atoms with Crippen LogP contribution in [0.1, 0.15) is 63.9 Å². The van der Waals surface area contributed by atoms with Gasteiger partial charge < -0.3 is 20.3 Å². The lowest BCUT2D eigenvalue weighted by atomic mass is 9.80. The van der Waals surface area contributed by atoms with Crippen LogP contribution in [0.4, 0.5) is 4.79 Å². The summed E-state index contributed by atoms with van der Waals surface area (Å²) in [7, 11) is 0. The van der Waals surface area contributed by atoms with Gasteiger partial charge in [-0.15, -0.1) is 0 Å². The van der Waals surface area contributed by atoms with Crippen molar-refractivity contribution < 1.29 is 14.3 Å². The molecule has 31 heavy (non-hydrogen) atoms. The predicted molar refractivity (Wildman–Crippen MR) is 118 cm³/mol. The molecule has 168 valence electrons. The summed E-state index contributed by atoms with van der Waals surface area (Å²) in [6.45, 7) is 4.24. The normalized spacial score (nSPS) is 19.6. The van der Waals surface area contributed by atoms with Gasteiger partial charge in [-0.05, 0) is 63.6 Å². The molecule has 1 saturated heterocycles. The van der Waals surface area contributed by atoms with Crippen molar-refractivity contribution in [3.63, 3.8) is 0 Å². The number of carbonyl (C=O) groups excluding carboxylic acids is 2. The molecule has 7 nitrogen and oxygen atoms in total. The highest BCUT2D eigenvalue weighted by Gasteiger charge is 2.51. The Bertz CT molecular complexity index is 778. The summed E-state index contributed by atoms with van der Waals surface area (Å²) in [6.07, 6.45) is 5.04. The molecule has 0 unspecified atom stereocenters. The second-order valence-corrected chi connectivity index (χ2v) is 8.63. The van der Waals surface area contributed by atoms with Crippen molar-refractivity contribution in [3.8, 4) is 6.07 Å². The van der Waals surface area contributed by atoms with Gasteiger partial charge in [0.2, 0.25) is 0 Å². The van der Waals surface area contributed by atoms with Crippen molar-refractivity contribution in [3.05, 3.63) is 35.9 Å². The maximum absolute atomic E-state index is 13.9. The van der Waals surface area contributed by atoms with Crippen LogP contribution in [0.5, 0.6) is 0 Å². The lowest BCUT2D eigenvalue weighted by Gasteiger charge is -2.46. The Hall–Kier alpha value is -2.59. The highest BCUT2D eigenvalue weighted by atomic mass is 16.6. The molecule has 2 N–H and O–H groups in total. The number of nitriles is 1. The van der Waals surface area contributed by atoms with Crippen LogP contribution in [0.25, 0.3) is 0 Å². The van der Waals surface area contributed by atoms with Gasteiger partial charge >= 0.3 is 6.09 Å². The number of hydrogen-bond donors (Lipinski definition) is 2. The number of benzene rings is 1. The minimum absolute atomic E-state index is 0.202. The minimum Gasteiger partial charge on any atom is -0.433 e. The quantitative estimate of drug-likeness (QED) is 0.696. The number of ether oxygens (including phenoxy) is 1. The van der Waals surface area contributed by atoms with E-state index < -0.39 is 17.2 Å². The molecule has 1 aromatic rings. The van der Waals surface area contributed by atoms with Crippen molar-refractivity contribution in [1.82, 2.24) is 15.5 Å². The minimum atomic E-state index is -1.19. The standard InChI is InChI=1S/C24H34N4O3/c1-2-17-28(23(19-25)13-15-26-16-14-23)21(29)24(11-7-4-8-12-24)31-22(30)27-18-20-9-5-3-6-10-20/h3,5-6,9-10,26H,2,4,7-8,11-18H2,1H3,(H,27,30). The number of alkyl carbamates (subject to hydrolysis) is 1. The first kappa shape index (κ1) is 23.1. The largest absolute Gasteiger partial charge is 0.433 e. The van der Waals surface area contributed by atoms with Gasteiger partial charge in [0, 0.05) is 13.1 Å². The zero-order valence-electron chi connectivity index (χ0n) is 18.5. The second kappa shape index (κ2) is 10.6. The number of rotatable bonds is 7. The number of nitrogens with zero attached hydrogens (tertiary/aromatic N) is 2. The van der Waals surface area contributed by atoms with Crippen LogP contribution in [-0.4, -0.2) is 47.7 Å². The second-order valence-electron chi connectivity index (χ2n) is 8.63. The molecule has 1 aliphatic heterocycles. The number of hydrogen-bond acceptors (Lipinski definition) is 5. The Balaban J connectivity index is 1.79. The zero-order chi connectivity index (χ0) is 22.2. The van der Waals surface area contributed by atoms with Crippen LogP contribution in [0.2, 0.25) is 0 Å². The summed E-state index contributed by atoms with van der Waals surface area (Å²) in [5, 5.41) is 16.1. The topological polar surface area (TPSA) is 94.5 Å². The molecule has 0 bridgehead atoms. The summed E-state index contributed by atoms with van der Waals surface area (Å²) < 4.78 is 5.90. The molecule has 2 aliphatic rings. The van der Waals surface area contributed by atoms with Gasteiger partial charge in [-0.25, -0.2) is 4.79 Å². The van der Waals surface area contributed by atoms with Gasteiger partial charge in [-0.2, -0.15) is 5.26 Å². The molecular weight excluding hydrogens is 392 g/mol. The van der Waals surface area contributed by atoms with Gasteiger partial charge in [-0.3, -0.25) is 4.79 Å². The molecule has 0 spiro atoms. The predicted octanol–water partition coefficient (Wildman–Crippen LogP) is 3.50. The Kier molecular flexibility index (Phi) is 7.91. The van der Waals surface area contributed by atoms with Crippen LogP contribution in [-0.2, 0) is 16.1 Å². The van der Waals surface area contributed by atoms with E-state index in [9.17, 15) is 14.9 Å². The lowest BCUT2D eigenvalue weighted by Crippen LogP contribution is -2.63. The van der Waals surface area contributed by atoms with E-state index >= 15 is 0 Å². The van der Waals surface area contributed by atoms with Gasteiger partial charge in [0.05, 0.1) is 6.07 Å². The average molecular weight is 427 g/mol. The first-order chi connectivity index (χ1) is 15.1. The van der Waals surface area contributed by atoms with Crippen LogP contribution in [0.3, 0.4) is 0 Å². The van der Waals surface area contributed by atoms with Crippen molar-refractivity contribution >= 4 is 12.0 Å². The summed E-state index contributed by atoms with van der Waals surface area (Å²) in [4.78, 5) is 28.4. The fourth-order valence-electron chi connectivity index (χ4n) is 4.73. The molecule has 1 saturated carbocycles. The highest BCUT2D eigenvalue weighted by molar-refractivity contribution is 5.89. The van der Waals surface area contributed by atoms with Crippen molar-refractivity contribution in [2.24, 2.45) is 0 Å². The van der Waals surface area contributed by atoms with Crippen LogP contribution >= 0.6 is 0 Å². The summed E-state index contributed by atoms with van der Waals surface area (Å²) in [5.74, 6) is -0.202. The van der Waals surface area contributed by atoms with Gasteiger partial charge in [0.1, 0.15) is 5.54 Å². The number of nitrogens with one attached hydrogen (secondary N) is 2. The van der Waals surface area contributed by atoms with Crippen molar-refractivity contribution in [2.75, 3.05) is 19.6 Å². The molecule has 1 aromatic carbocycles. The molecule has 0 radical (unpaired) electrons. The molecular formula is C24H34N4O3. The number of piperidine rings is 1. The maximum atomic E-state index is 13.9. The molecule has 0 atom stereocenters. The van der Waals surface area contributed by atoms with E-state index in [0.29, 0.717) is 51.9 Å². The monoisotopic (exact) mass is 426 g/mol. The Morgan fingerprint density at radius 2 is 1.81 bits per heavy atom. The molecule has 2 amide bonds. The summed E-state index contributed by atoms with van der Waals surface area (Å²) in [5.41, 5.74) is -1.07. The molecule has 2 fully saturated rings. The summed E-state index contributed by atoms with van der Waals surface area (Å²) in [6, 6.07) is 12.1. The van der Waals surface area contributed by atoms with E-state index in [1.54, 1.807) is 4.90 Å². The molecule has 1 aliphatic carbocycles. The van der Waals surface area contributed by atoms with Gasteiger partial charge in [0.15, 0.2) is 5.60 Å². The smallest absolute Gasteiger partial charge is 0.408 e. The van der Waals surface area contributed by atoms with E-state index in [1.807, 2.05) is 37.3 Å². The first-order valence-electron chi connectivity index (χ1n) is 11.5. The van der Waals surface area contributed by atoms with E-state index in [4.69, 9.17) is 4.74 Å². The fraction of sp³-hybridized carbons (Fsp3) is 0.625. The van der Waals surface area contributed by atoms with E-state index in [1.165, 1.54) is 0 Å². The maximum Gasteiger partial charge on any atom is 0.408 e. The van der Waals surface area contributed by atoms with Crippen molar-refractivity contribution in [1.29, 1.82) is 5.26 Å². The van der Waals surface area contributed by atoms with Crippen LogP contribution in [0.15, 0.2) is 30.3 Å². The average Bonchev–Trinajstić information content (AvgIpc) is 2.82. The Morgan fingerprint density at radius 3 is 2.42 bits per heavy atom. The van der Waals surface area contributed by atoms with E-state index in [2.05, 4.69) is 16.7 Å². The molecule has 3 rings (SSSR count). The molecule has 1 heterocycles. The fourth-order valence-corrected chi connectivity index (χ4v) is 4.73.